The first-order valence-corrected chi connectivity index (χ1v) is 11.8. The quantitative estimate of drug-likeness (QED) is 0.526. The van der Waals surface area contributed by atoms with Crippen LogP contribution >= 0.6 is 0 Å². The molecule has 1 heteroatoms. The Morgan fingerprint density at radius 2 is 1.23 bits per heavy atom. The molecule has 154 valence electrons. The molecule has 2 fully saturated rings. The van der Waals surface area contributed by atoms with Crippen LogP contribution in [0.15, 0.2) is 84.5 Å². The number of hydrogen-bond donors (Lipinski definition) is 0. The van der Waals surface area contributed by atoms with Gasteiger partial charge in [-0.25, -0.2) is 0 Å². The molecule has 6 aliphatic rings. The van der Waals surface area contributed by atoms with Gasteiger partial charge in [0, 0.05) is 5.92 Å². The fourth-order valence-electron chi connectivity index (χ4n) is 8.82. The van der Waals surface area contributed by atoms with Crippen LogP contribution in [0.3, 0.4) is 0 Å². The zero-order valence-electron chi connectivity index (χ0n) is 18.4. The van der Waals surface area contributed by atoms with E-state index in [1.807, 2.05) is 0 Å². The molecule has 0 heterocycles. The fraction of sp³-hybridized carbons (Fsp3) is 0.367. The van der Waals surface area contributed by atoms with E-state index in [0.717, 1.165) is 0 Å². The second-order valence-electron chi connectivity index (χ2n) is 10.8. The third-order valence-electron chi connectivity index (χ3n) is 9.73. The lowest BCUT2D eigenvalue weighted by atomic mass is 9.37. The first-order valence-electron chi connectivity index (χ1n) is 11.8. The summed E-state index contributed by atoms with van der Waals surface area (Å²) < 4.78 is 0. The van der Waals surface area contributed by atoms with Crippen molar-refractivity contribution in [3.05, 3.63) is 95.6 Å². The van der Waals surface area contributed by atoms with Crippen molar-refractivity contribution < 1.29 is 4.79 Å². The Morgan fingerprint density at radius 1 is 0.710 bits per heavy atom. The van der Waals surface area contributed by atoms with Crippen LogP contribution in [0.4, 0.5) is 0 Å². The minimum absolute atomic E-state index is 0.403. The molecule has 2 aromatic rings. The van der Waals surface area contributed by atoms with Gasteiger partial charge < -0.3 is 0 Å². The standard InChI is InChI=1S/C30H28O/c1-17-16-20-14-15-21(17)23-22(20)26-27(23)30(3)25(19-12-8-5-9-13-19)24(29(26,2)28(30)31)18-10-6-4-7-11-18/h4-16,20-23,26-27H,1-3H3/t20-,21-,22-,23-,26+,27-,29+,30+/m1/s1. The molecule has 0 radical (unpaired) electrons. The summed E-state index contributed by atoms with van der Waals surface area (Å²) in [6.07, 6.45) is 7.37. The number of benzene rings is 2. The summed E-state index contributed by atoms with van der Waals surface area (Å²) in [5, 5.41) is 0. The molecule has 6 aliphatic carbocycles. The van der Waals surface area contributed by atoms with Crippen molar-refractivity contribution in [1.82, 2.24) is 0 Å². The molecule has 0 unspecified atom stereocenters. The van der Waals surface area contributed by atoms with E-state index in [-0.39, 0.29) is 0 Å². The molecule has 2 aromatic carbocycles. The summed E-state index contributed by atoms with van der Waals surface area (Å²) in [4.78, 5) is 14.4. The predicted octanol–water partition coefficient (Wildman–Crippen LogP) is 6.45. The highest BCUT2D eigenvalue weighted by Crippen LogP contribution is 2.82. The lowest BCUT2D eigenvalue weighted by Gasteiger charge is -2.65. The van der Waals surface area contributed by atoms with Gasteiger partial charge in [-0.05, 0) is 72.6 Å². The molecule has 0 N–H and O–H groups in total. The average Bonchev–Trinajstić information content (AvgIpc) is 3.03. The normalized spacial score (nSPS) is 43.6. The minimum atomic E-state index is -0.404. The van der Waals surface area contributed by atoms with Gasteiger partial charge in [0.2, 0.25) is 0 Å². The largest absolute Gasteiger partial charge is 0.298 e. The predicted molar refractivity (Wildman–Crippen MR) is 125 cm³/mol. The Labute approximate surface area is 184 Å². The molecule has 0 amide bonds. The van der Waals surface area contributed by atoms with Gasteiger partial charge in [-0.2, -0.15) is 0 Å². The molecule has 0 spiro atoms. The van der Waals surface area contributed by atoms with Crippen LogP contribution in [0, 0.1) is 46.3 Å². The number of hydrogen-bond acceptors (Lipinski definition) is 1. The van der Waals surface area contributed by atoms with Crippen molar-refractivity contribution in [2.75, 3.05) is 0 Å². The summed E-state index contributed by atoms with van der Waals surface area (Å²) in [6.45, 7) is 6.88. The molecule has 2 saturated carbocycles. The van der Waals surface area contributed by atoms with E-state index in [1.165, 1.54) is 27.8 Å². The van der Waals surface area contributed by atoms with E-state index in [1.54, 1.807) is 0 Å². The zero-order chi connectivity index (χ0) is 21.1. The summed E-state index contributed by atoms with van der Waals surface area (Å²) in [5.74, 6) is 3.59. The number of carbonyl (C=O) groups is 1. The van der Waals surface area contributed by atoms with Gasteiger partial charge in [0.15, 0.2) is 5.78 Å². The SMILES string of the molecule is CC1=C[C@H]2C=C[C@H]1[C@@H]1[C@@H]2[C@H]2[C@@H]1[C@@]1(C)C(=O)[C@@]2(C)C(c2ccccc2)=C1c1ccccc1. The first-order chi connectivity index (χ1) is 15.0. The maximum atomic E-state index is 14.4. The van der Waals surface area contributed by atoms with Crippen molar-refractivity contribution in [2.24, 2.45) is 46.3 Å². The lowest BCUT2D eigenvalue weighted by molar-refractivity contribution is -0.127. The van der Waals surface area contributed by atoms with Gasteiger partial charge in [0.05, 0.1) is 10.8 Å². The third kappa shape index (κ3) is 1.81. The van der Waals surface area contributed by atoms with Gasteiger partial charge in [-0.1, -0.05) is 84.5 Å². The molecular weight excluding hydrogens is 376 g/mol. The van der Waals surface area contributed by atoms with Crippen LogP contribution in [0.25, 0.3) is 11.1 Å². The molecule has 8 atom stereocenters. The molecule has 31 heavy (non-hydrogen) atoms. The number of fused-ring (bicyclic) bond motifs is 5. The Kier molecular flexibility index (Phi) is 3.23. The Balaban J connectivity index is 1.52. The summed E-state index contributed by atoms with van der Waals surface area (Å²) >= 11 is 0. The minimum Gasteiger partial charge on any atom is -0.298 e. The molecule has 0 saturated heterocycles. The maximum absolute atomic E-state index is 14.4. The van der Waals surface area contributed by atoms with E-state index in [4.69, 9.17) is 0 Å². The van der Waals surface area contributed by atoms with Crippen molar-refractivity contribution >= 4 is 16.9 Å². The Morgan fingerprint density at radius 3 is 1.74 bits per heavy atom. The van der Waals surface area contributed by atoms with Gasteiger partial charge in [-0.15, -0.1) is 0 Å². The smallest absolute Gasteiger partial charge is 0.153 e. The Hall–Kier alpha value is -2.67. The molecule has 0 aromatic heterocycles. The number of rotatable bonds is 2. The summed E-state index contributed by atoms with van der Waals surface area (Å²) in [7, 11) is 0. The third-order valence-corrected chi connectivity index (χ3v) is 9.73. The van der Waals surface area contributed by atoms with E-state index in [0.29, 0.717) is 41.3 Å². The van der Waals surface area contributed by atoms with Crippen molar-refractivity contribution in [3.63, 3.8) is 0 Å². The number of carbonyl (C=O) groups excluding carboxylic acids is 1. The molecule has 1 nitrogen and oxygen atoms in total. The van der Waals surface area contributed by atoms with Gasteiger partial charge in [0.25, 0.3) is 0 Å². The topological polar surface area (TPSA) is 17.1 Å². The second-order valence-corrected chi connectivity index (χ2v) is 10.8. The Bertz CT molecular complexity index is 1220. The average molecular weight is 405 g/mol. The highest BCUT2D eigenvalue weighted by Gasteiger charge is 2.81. The fourth-order valence-corrected chi connectivity index (χ4v) is 8.82. The monoisotopic (exact) mass is 404 g/mol. The molecular formula is C30H28O. The highest BCUT2D eigenvalue weighted by atomic mass is 16.1. The first kappa shape index (κ1) is 18.0. The van der Waals surface area contributed by atoms with Crippen molar-refractivity contribution in [2.45, 2.75) is 20.8 Å². The van der Waals surface area contributed by atoms with Crippen LogP contribution in [0.5, 0.6) is 0 Å². The summed E-state index contributed by atoms with van der Waals surface area (Å²) in [5.41, 5.74) is 5.78. The van der Waals surface area contributed by atoms with Crippen LogP contribution in [-0.4, -0.2) is 5.78 Å². The van der Waals surface area contributed by atoms with Crippen LogP contribution in [0.2, 0.25) is 0 Å². The molecule has 8 rings (SSSR count). The van der Waals surface area contributed by atoms with Crippen LogP contribution < -0.4 is 0 Å². The van der Waals surface area contributed by atoms with Crippen molar-refractivity contribution in [3.8, 4) is 0 Å². The number of allylic oxidation sites excluding steroid dienone is 6. The molecule has 4 bridgehead atoms. The van der Waals surface area contributed by atoms with Crippen LogP contribution in [-0.2, 0) is 4.79 Å². The summed E-state index contributed by atoms with van der Waals surface area (Å²) in [6, 6.07) is 21.5. The van der Waals surface area contributed by atoms with Gasteiger partial charge >= 0.3 is 0 Å². The highest BCUT2D eigenvalue weighted by molar-refractivity contribution is 6.23. The van der Waals surface area contributed by atoms with E-state index in [9.17, 15) is 4.79 Å². The van der Waals surface area contributed by atoms with Gasteiger partial charge in [-0.3, -0.25) is 4.79 Å². The van der Waals surface area contributed by atoms with Gasteiger partial charge in [0.1, 0.15) is 0 Å². The van der Waals surface area contributed by atoms with E-state index < -0.39 is 10.8 Å². The number of Topliss-reactive ketones (excluding diaryl/α,β-unsaturated/α-hetero) is 1. The van der Waals surface area contributed by atoms with E-state index in [2.05, 4.69) is 99.7 Å². The number of ketones is 1. The van der Waals surface area contributed by atoms with Crippen molar-refractivity contribution in [1.29, 1.82) is 0 Å². The zero-order valence-corrected chi connectivity index (χ0v) is 18.4. The molecule has 0 aliphatic heterocycles. The maximum Gasteiger partial charge on any atom is 0.153 e. The van der Waals surface area contributed by atoms with Crippen LogP contribution in [0.1, 0.15) is 31.9 Å². The second kappa shape index (κ2) is 5.57. The lowest BCUT2D eigenvalue weighted by Crippen LogP contribution is -2.61. The van der Waals surface area contributed by atoms with E-state index >= 15 is 0 Å².